The van der Waals surface area contributed by atoms with Gasteiger partial charge in [0.2, 0.25) is 5.91 Å². The standard InChI is InChI=1S/C29H50N4O4/c1-8-9-12-31-29(35)25(20(2)3)17-28(34)26(30)19-32(21(4)5)18-23-15-22-16-24(37-7)10-11-27(22)33(23)13-14-36-6/h10-11,15-16,20-21,25-26,28,34H,8-9,12-14,17-19,30H2,1-7H3,(H,31,35)/t25-,26-,28-/m0/s1. The van der Waals surface area contributed by atoms with Crippen LogP contribution in [0.15, 0.2) is 24.3 Å². The lowest BCUT2D eigenvalue weighted by molar-refractivity contribution is -0.127. The Labute approximate surface area is 223 Å². The molecule has 3 atom stereocenters. The highest BCUT2D eigenvalue weighted by molar-refractivity contribution is 5.83. The summed E-state index contributed by atoms with van der Waals surface area (Å²) in [5, 5.41) is 15.2. The number of aliphatic hydroxyl groups is 1. The van der Waals surface area contributed by atoms with Gasteiger partial charge in [-0.1, -0.05) is 27.2 Å². The van der Waals surface area contributed by atoms with Gasteiger partial charge in [0.25, 0.3) is 0 Å². The molecule has 0 aliphatic rings. The van der Waals surface area contributed by atoms with Crippen molar-refractivity contribution in [1.82, 2.24) is 14.8 Å². The molecule has 0 unspecified atom stereocenters. The third-order valence-electron chi connectivity index (χ3n) is 7.21. The van der Waals surface area contributed by atoms with Gasteiger partial charge in [-0.05, 0) is 56.9 Å². The average Bonchev–Trinajstić information content (AvgIpc) is 3.20. The lowest BCUT2D eigenvalue weighted by Crippen LogP contribution is -2.49. The van der Waals surface area contributed by atoms with E-state index in [-0.39, 0.29) is 23.8 Å². The van der Waals surface area contributed by atoms with Crippen molar-refractivity contribution in [2.45, 2.75) is 85.2 Å². The van der Waals surface area contributed by atoms with Crippen molar-refractivity contribution in [3.8, 4) is 5.75 Å². The fourth-order valence-corrected chi connectivity index (χ4v) is 4.71. The second kappa shape index (κ2) is 15.3. The Morgan fingerprint density at radius 1 is 1.19 bits per heavy atom. The molecule has 0 radical (unpaired) electrons. The van der Waals surface area contributed by atoms with Gasteiger partial charge in [0, 0.05) is 67.9 Å². The Balaban J connectivity index is 2.16. The zero-order valence-corrected chi connectivity index (χ0v) is 24.0. The molecule has 0 aliphatic carbocycles. The monoisotopic (exact) mass is 518 g/mol. The molecule has 210 valence electrons. The molecule has 0 spiro atoms. The molecular weight excluding hydrogens is 468 g/mol. The molecule has 1 amide bonds. The van der Waals surface area contributed by atoms with E-state index in [0.717, 1.165) is 41.7 Å². The summed E-state index contributed by atoms with van der Waals surface area (Å²) in [6.07, 6.45) is 1.57. The van der Waals surface area contributed by atoms with E-state index in [4.69, 9.17) is 15.2 Å². The summed E-state index contributed by atoms with van der Waals surface area (Å²) in [6.45, 7) is 13.7. The van der Waals surface area contributed by atoms with Crippen LogP contribution in [0.2, 0.25) is 0 Å². The Bertz CT molecular complexity index is 959. The quantitative estimate of drug-likeness (QED) is 0.276. The number of carbonyl (C=O) groups excluding carboxylic acids is 1. The Kier molecular flexibility index (Phi) is 12.9. The van der Waals surface area contributed by atoms with Crippen molar-refractivity contribution < 1.29 is 19.4 Å². The van der Waals surface area contributed by atoms with Gasteiger partial charge in [0.1, 0.15) is 5.75 Å². The highest BCUT2D eigenvalue weighted by atomic mass is 16.5. The molecule has 0 saturated carbocycles. The number of hydrogen-bond acceptors (Lipinski definition) is 6. The number of aromatic nitrogens is 1. The maximum Gasteiger partial charge on any atom is 0.223 e. The molecule has 2 aromatic rings. The van der Waals surface area contributed by atoms with Crippen LogP contribution in [-0.4, -0.2) is 72.6 Å². The van der Waals surface area contributed by atoms with Crippen LogP contribution in [0.5, 0.6) is 5.75 Å². The number of nitrogens with two attached hydrogens (primary N) is 1. The van der Waals surface area contributed by atoms with Crippen molar-refractivity contribution in [1.29, 1.82) is 0 Å². The first-order valence-corrected chi connectivity index (χ1v) is 13.7. The molecule has 4 N–H and O–H groups in total. The van der Waals surface area contributed by atoms with Crippen LogP contribution < -0.4 is 15.8 Å². The van der Waals surface area contributed by atoms with Crippen molar-refractivity contribution in [2.24, 2.45) is 17.6 Å². The number of benzene rings is 1. The molecule has 1 aromatic carbocycles. The van der Waals surface area contributed by atoms with Crippen molar-refractivity contribution >= 4 is 16.8 Å². The van der Waals surface area contributed by atoms with E-state index in [2.05, 4.69) is 53.8 Å². The van der Waals surface area contributed by atoms with Gasteiger partial charge in [0.05, 0.1) is 19.8 Å². The average molecular weight is 519 g/mol. The van der Waals surface area contributed by atoms with Crippen molar-refractivity contribution in [3.05, 3.63) is 30.0 Å². The summed E-state index contributed by atoms with van der Waals surface area (Å²) in [6, 6.07) is 8.06. The van der Waals surface area contributed by atoms with E-state index in [0.29, 0.717) is 32.7 Å². The predicted molar refractivity (Wildman–Crippen MR) is 151 cm³/mol. The first kappa shape index (κ1) is 31.1. The number of nitrogens with one attached hydrogen (secondary N) is 1. The van der Waals surface area contributed by atoms with E-state index in [1.807, 2.05) is 19.9 Å². The van der Waals surface area contributed by atoms with Crippen LogP contribution in [0, 0.1) is 11.8 Å². The van der Waals surface area contributed by atoms with Gasteiger partial charge in [-0.2, -0.15) is 0 Å². The highest BCUT2D eigenvalue weighted by Crippen LogP contribution is 2.26. The maximum absolute atomic E-state index is 12.7. The summed E-state index contributed by atoms with van der Waals surface area (Å²) < 4.78 is 13.1. The number of ether oxygens (including phenoxy) is 2. The predicted octanol–water partition coefficient (Wildman–Crippen LogP) is 3.77. The molecule has 37 heavy (non-hydrogen) atoms. The molecule has 0 aliphatic heterocycles. The number of rotatable bonds is 17. The molecule has 1 heterocycles. The second-order valence-corrected chi connectivity index (χ2v) is 10.7. The minimum atomic E-state index is -0.769. The number of carbonyl (C=O) groups is 1. The largest absolute Gasteiger partial charge is 0.497 e. The summed E-state index contributed by atoms with van der Waals surface area (Å²) >= 11 is 0. The summed E-state index contributed by atoms with van der Waals surface area (Å²) in [7, 11) is 3.39. The number of aliphatic hydroxyl groups excluding tert-OH is 1. The van der Waals surface area contributed by atoms with E-state index < -0.39 is 12.1 Å². The number of hydrogen-bond donors (Lipinski definition) is 3. The number of methoxy groups -OCH3 is 2. The lowest BCUT2D eigenvalue weighted by Gasteiger charge is -2.33. The summed E-state index contributed by atoms with van der Waals surface area (Å²) in [5.41, 5.74) is 8.84. The minimum Gasteiger partial charge on any atom is -0.497 e. The molecule has 1 aromatic heterocycles. The van der Waals surface area contributed by atoms with Crippen molar-refractivity contribution in [2.75, 3.05) is 33.9 Å². The Morgan fingerprint density at radius 3 is 2.51 bits per heavy atom. The minimum absolute atomic E-state index is 0.00787. The van der Waals surface area contributed by atoms with Gasteiger partial charge in [0.15, 0.2) is 0 Å². The topological polar surface area (TPSA) is 102 Å². The molecule has 8 heteroatoms. The molecular formula is C29H50N4O4. The fourth-order valence-electron chi connectivity index (χ4n) is 4.71. The zero-order valence-electron chi connectivity index (χ0n) is 24.0. The number of nitrogens with zero attached hydrogens (tertiary/aromatic N) is 2. The van der Waals surface area contributed by atoms with E-state index in [1.165, 1.54) is 0 Å². The van der Waals surface area contributed by atoms with Gasteiger partial charge in [-0.3, -0.25) is 9.69 Å². The van der Waals surface area contributed by atoms with Crippen LogP contribution in [0.25, 0.3) is 10.9 Å². The van der Waals surface area contributed by atoms with Crippen LogP contribution in [0.3, 0.4) is 0 Å². The maximum atomic E-state index is 12.7. The fraction of sp³-hybridized carbons (Fsp3) is 0.690. The van der Waals surface area contributed by atoms with Crippen LogP contribution >= 0.6 is 0 Å². The van der Waals surface area contributed by atoms with Crippen LogP contribution in [0.4, 0.5) is 0 Å². The molecule has 0 fully saturated rings. The third-order valence-corrected chi connectivity index (χ3v) is 7.21. The van der Waals surface area contributed by atoms with E-state index in [1.54, 1.807) is 14.2 Å². The van der Waals surface area contributed by atoms with Gasteiger partial charge in [-0.25, -0.2) is 0 Å². The van der Waals surface area contributed by atoms with E-state index >= 15 is 0 Å². The molecule has 8 nitrogen and oxygen atoms in total. The summed E-state index contributed by atoms with van der Waals surface area (Å²) in [5.74, 6) is 0.691. The van der Waals surface area contributed by atoms with Crippen LogP contribution in [0.1, 0.15) is 59.6 Å². The Morgan fingerprint density at radius 2 is 1.92 bits per heavy atom. The molecule has 0 saturated heterocycles. The van der Waals surface area contributed by atoms with Crippen molar-refractivity contribution in [3.63, 3.8) is 0 Å². The normalized spacial score (nSPS) is 14.5. The van der Waals surface area contributed by atoms with Crippen LogP contribution in [-0.2, 0) is 22.6 Å². The molecule has 2 rings (SSSR count). The smallest absolute Gasteiger partial charge is 0.223 e. The number of amides is 1. The second-order valence-electron chi connectivity index (χ2n) is 10.7. The first-order chi connectivity index (χ1) is 17.6. The van der Waals surface area contributed by atoms with Gasteiger partial charge in [-0.15, -0.1) is 0 Å². The highest BCUT2D eigenvalue weighted by Gasteiger charge is 2.29. The molecule has 0 bridgehead atoms. The number of fused-ring (bicyclic) bond motifs is 1. The van der Waals surface area contributed by atoms with Gasteiger partial charge >= 0.3 is 0 Å². The first-order valence-electron chi connectivity index (χ1n) is 13.7. The Hall–Kier alpha value is -2.13. The summed E-state index contributed by atoms with van der Waals surface area (Å²) in [4.78, 5) is 15.0. The van der Waals surface area contributed by atoms with Gasteiger partial charge < -0.3 is 30.2 Å². The zero-order chi connectivity index (χ0) is 27.5. The third kappa shape index (κ3) is 8.99. The number of unbranched alkanes of at least 4 members (excludes halogenated alkanes) is 1. The SMILES string of the molecule is CCCCNC(=O)[C@@H](C[C@H](O)[C@@H](N)CN(Cc1cc2cc(OC)ccc2n1CCOC)C(C)C)C(C)C. The van der Waals surface area contributed by atoms with E-state index in [9.17, 15) is 9.90 Å². The lowest BCUT2D eigenvalue weighted by atomic mass is 9.87.